The van der Waals surface area contributed by atoms with Crippen molar-refractivity contribution >= 4 is 83.5 Å². The molecule has 4 aromatic rings. The van der Waals surface area contributed by atoms with Crippen LogP contribution >= 0.6 is 11.6 Å². The van der Waals surface area contributed by atoms with Crippen molar-refractivity contribution in [2.75, 3.05) is 15.8 Å². The predicted octanol–water partition coefficient (Wildman–Crippen LogP) is 5.69. The minimum absolute atomic E-state index is 0.0241. The van der Waals surface area contributed by atoms with Crippen LogP contribution in [0.4, 0.5) is 28.4 Å². The number of hydrazone groups is 2. The summed E-state index contributed by atoms with van der Waals surface area (Å²) in [5.41, 5.74) is 4.91. The van der Waals surface area contributed by atoms with E-state index >= 15 is 0 Å². The number of halogens is 1. The van der Waals surface area contributed by atoms with Crippen LogP contribution in [0.1, 0.15) is 17.3 Å². The molecule has 240 valence electrons. The third-order valence-corrected chi connectivity index (χ3v) is 8.45. The number of hydrogen-bond acceptors (Lipinski definition) is 11. The Kier molecular flexibility index (Phi) is 9.27. The summed E-state index contributed by atoms with van der Waals surface area (Å²) in [7, 11) is -8.85. The van der Waals surface area contributed by atoms with Crippen molar-refractivity contribution in [3.05, 3.63) is 102 Å². The molecule has 15 nitrogen and oxygen atoms in total. The number of carbonyl (C=O) groups is 2. The first kappa shape index (κ1) is 33.0. The van der Waals surface area contributed by atoms with Gasteiger partial charge in [-0.1, -0.05) is 11.6 Å². The first-order chi connectivity index (χ1) is 22.2. The van der Waals surface area contributed by atoms with Gasteiger partial charge in [-0.3, -0.25) is 24.1 Å². The van der Waals surface area contributed by atoms with E-state index in [1.807, 2.05) is 0 Å². The van der Waals surface area contributed by atoms with Crippen molar-refractivity contribution in [2.45, 2.75) is 16.7 Å². The SMILES string of the molecule is CC1=NN(c2cc(S(=O)(=O)O)ccc2Cl)C(=O)C1=NNc1ccc(C(=O)Nc2ccc(N=Nc3ccc(S(=O)(=O)O)cc3)cc2)cc1. The van der Waals surface area contributed by atoms with E-state index < -0.39 is 36.9 Å². The molecule has 0 saturated heterocycles. The highest BCUT2D eigenvalue weighted by atomic mass is 35.5. The molecular weight excluding hydrogens is 674 g/mol. The van der Waals surface area contributed by atoms with Gasteiger partial charge in [-0.25, -0.2) is 0 Å². The number of anilines is 3. The van der Waals surface area contributed by atoms with Crippen LogP contribution < -0.4 is 15.8 Å². The Balaban J connectivity index is 1.19. The summed E-state index contributed by atoms with van der Waals surface area (Å²) in [6.07, 6.45) is 0. The molecule has 5 rings (SSSR count). The molecule has 18 heteroatoms. The van der Waals surface area contributed by atoms with Crippen LogP contribution in [0.2, 0.25) is 5.02 Å². The molecule has 0 spiro atoms. The zero-order valence-corrected chi connectivity index (χ0v) is 26.3. The number of carbonyl (C=O) groups excluding carboxylic acids is 2. The molecule has 0 unspecified atom stereocenters. The van der Waals surface area contributed by atoms with Crippen LogP contribution in [0, 0.1) is 0 Å². The molecule has 0 fully saturated rings. The van der Waals surface area contributed by atoms with Crippen LogP contribution in [0.3, 0.4) is 0 Å². The smallest absolute Gasteiger partial charge is 0.301 e. The Hall–Kier alpha value is -5.33. The Bertz CT molecular complexity index is 2190. The van der Waals surface area contributed by atoms with Crippen LogP contribution in [-0.4, -0.2) is 49.2 Å². The van der Waals surface area contributed by atoms with Crippen molar-refractivity contribution < 1.29 is 35.5 Å². The number of nitrogens with one attached hydrogen (secondary N) is 2. The molecule has 0 saturated carbocycles. The third kappa shape index (κ3) is 7.91. The lowest BCUT2D eigenvalue weighted by Crippen LogP contribution is -2.28. The second kappa shape index (κ2) is 13.2. The fourth-order valence-electron chi connectivity index (χ4n) is 4.04. The Morgan fingerprint density at radius 3 is 1.89 bits per heavy atom. The molecule has 0 aromatic heterocycles. The van der Waals surface area contributed by atoms with Crippen molar-refractivity contribution in [3.63, 3.8) is 0 Å². The first-order valence-electron chi connectivity index (χ1n) is 13.2. The van der Waals surface area contributed by atoms with Crippen LogP contribution in [0.5, 0.6) is 0 Å². The topological polar surface area (TPSA) is 220 Å². The fraction of sp³-hybridized carbons (Fsp3) is 0.0345. The van der Waals surface area contributed by atoms with E-state index in [-0.39, 0.29) is 27.0 Å². The van der Waals surface area contributed by atoms with Crippen LogP contribution in [0.15, 0.2) is 121 Å². The van der Waals surface area contributed by atoms with E-state index in [1.165, 1.54) is 49.4 Å². The molecule has 0 radical (unpaired) electrons. The lowest BCUT2D eigenvalue weighted by molar-refractivity contribution is -0.112. The van der Waals surface area contributed by atoms with Gasteiger partial charge in [-0.05, 0) is 97.9 Å². The van der Waals surface area contributed by atoms with Crippen LogP contribution in [0.25, 0.3) is 0 Å². The third-order valence-electron chi connectivity index (χ3n) is 6.42. The zero-order chi connectivity index (χ0) is 33.9. The molecule has 0 bridgehead atoms. The molecule has 1 heterocycles. The highest BCUT2D eigenvalue weighted by Gasteiger charge is 2.32. The van der Waals surface area contributed by atoms with Gasteiger partial charge in [-0.15, -0.1) is 0 Å². The minimum Gasteiger partial charge on any atom is -0.322 e. The van der Waals surface area contributed by atoms with E-state index in [2.05, 4.69) is 31.2 Å². The van der Waals surface area contributed by atoms with E-state index in [0.29, 0.717) is 28.3 Å². The van der Waals surface area contributed by atoms with E-state index in [9.17, 15) is 31.0 Å². The van der Waals surface area contributed by atoms with Gasteiger partial charge in [0.15, 0.2) is 5.71 Å². The maximum absolute atomic E-state index is 13.0. The number of rotatable bonds is 9. The summed E-state index contributed by atoms with van der Waals surface area (Å²) in [5, 5.41) is 20.0. The molecule has 0 aliphatic carbocycles. The summed E-state index contributed by atoms with van der Waals surface area (Å²) in [5.74, 6) is -1.09. The molecule has 4 aromatic carbocycles. The standard InChI is InChI=1S/C29H22ClN7O8S2/c1-17-27(29(39)37(36-17)26-16-24(47(43,44)45)14-15-25(26)30)35-34-20-4-2-18(3-5-20)28(38)31-19-6-8-21(9-7-19)32-33-22-10-12-23(13-11-22)46(40,41)42/h2-16,34H,1H3,(H,31,38)(H,40,41,42)(H,43,44,45). The monoisotopic (exact) mass is 695 g/mol. The van der Waals surface area contributed by atoms with Gasteiger partial charge in [0.05, 0.1) is 43.3 Å². The van der Waals surface area contributed by atoms with E-state index in [0.717, 1.165) is 17.1 Å². The molecular formula is C29H22ClN7O8S2. The maximum atomic E-state index is 13.0. The average Bonchev–Trinajstić information content (AvgIpc) is 3.31. The zero-order valence-electron chi connectivity index (χ0n) is 23.9. The molecule has 1 aliphatic rings. The van der Waals surface area contributed by atoms with Gasteiger partial charge >= 0.3 is 5.91 Å². The van der Waals surface area contributed by atoms with Crippen molar-refractivity contribution in [1.29, 1.82) is 0 Å². The quantitative estimate of drug-likeness (QED) is 0.0958. The Labute approximate surface area is 272 Å². The predicted molar refractivity (Wildman–Crippen MR) is 174 cm³/mol. The number of hydrogen-bond donors (Lipinski definition) is 4. The van der Waals surface area contributed by atoms with Gasteiger partial charge in [0, 0.05) is 11.3 Å². The Morgan fingerprint density at radius 1 is 0.787 bits per heavy atom. The van der Waals surface area contributed by atoms with E-state index in [1.54, 1.807) is 36.4 Å². The average molecular weight is 696 g/mol. The van der Waals surface area contributed by atoms with Gasteiger partial charge < -0.3 is 5.32 Å². The summed E-state index contributed by atoms with van der Waals surface area (Å²) < 4.78 is 63.7. The second-order valence-electron chi connectivity index (χ2n) is 9.71. The lowest BCUT2D eigenvalue weighted by atomic mass is 10.2. The van der Waals surface area contributed by atoms with Crippen molar-refractivity contribution in [1.82, 2.24) is 0 Å². The summed E-state index contributed by atoms with van der Waals surface area (Å²) in [6, 6.07) is 21.2. The number of benzene rings is 4. The van der Waals surface area contributed by atoms with Gasteiger partial charge in [0.2, 0.25) is 0 Å². The molecule has 4 N–H and O–H groups in total. The summed E-state index contributed by atoms with van der Waals surface area (Å²) in [6.45, 7) is 1.52. The van der Waals surface area contributed by atoms with Gasteiger partial charge in [-0.2, -0.15) is 42.3 Å². The van der Waals surface area contributed by atoms with Crippen molar-refractivity contribution in [2.24, 2.45) is 20.4 Å². The Morgan fingerprint density at radius 2 is 1.32 bits per heavy atom. The number of nitrogens with zero attached hydrogens (tertiary/aromatic N) is 5. The van der Waals surface area contributed by atoms with Crippen LogP contribution in [-0.2, 0) is 25.0 Å². The number of amides is 2. The maximum Gasteiger partial charge on any atom is 0.301 e. The molecule has 0 atom stereocenters. The number of azo groups is 1. The highest BCUT2D eigenvalue weighted by Crippen LogP contribution is 2.31. The minimum atomic E-state index is -4.55. The second-order valence-corrected chi connectivity index (χ2v) is 13.0. The molecule has 1 aliphatic heterocycles. The fourth-order valence-corrected chi connectivity index (χ4v) is 5.21. The highest BCUT2D eigenvalue weighted by molar-refractivity contribution is 7.86. The van der Waals surface area contributed by atoms with Gasteiger partial charge in [0.1, 0.15) is 0 Å². The normalized spacial score (nSPS) is 14.5. The van der Waals surface area contributed by atoms with Crippen molar-refractivity contribution in [3.8, 4) is 0 Å². The molecule has 2 amide bonds. The summed E-state index contributed by atoms with van der Waals surface area (Å²) in [4.78, 5) is 25.1. The van der Waals surface area contributed by atoms with E-state index in [4.69, 9.17) is 16.2 Å². The summed E-state index contributed by atoms with van der Waals surface area (Å²) >= 11 is 6.15. The van der Waals surface area contributed by atoms with Gasteiger partial charge in [0.25, 0.3) is 26.1 Å². The lowest BCUT2D eigenvalue weighted by Gasteiger charge is -2.14. The molecule has 47 heavy (non-hydrogen) atoms. The first-order valence-corrected chi connectivity index (χ1v) is 16.5. The largest absolute Gasteiger partial charge is 0.322 e.